The van der Waals surface area contributed by atoms with Gasteiger partial charge in [0.2, 0.25) is 0 Å². The van der Waals surface area contributed by atoms with Crippen molar-refractivity contribution < 1.29 is 22.6 Å². The molecule has 0 amide bonds. The maximum Gasteiger partial charge on any atom is 0.406 e. The van der Waals surface area contributed by atoms with E-state index in [1.807, 2.05) is 36.6 Å². The Balaban J connectivity index is 1.29. The molecule has 5 rings (SSSR count). The lowest BCUT2D eigenvalue weighted by atomic mass is 9.88. The topological polar surface area (TPSA) is 50.7 Å². The standard InChI is InChI=1S/C33H41F3N4O2S/c1-41-26-15-18-39(19-16-26)24-11-9-23(10-12-24)38-29-7-4-8-31-28(29)20-25(40(31)22-33(34,35)36)6-5-17-37-30-14-13-27(43-3)21-32(30)42-2/h4,7-8,13-14,20-21,23-24,26,37-38H,9-12,15-19,22H2,1-3H3. The number of aromatic nitrogens is 1. The molecule has 2 N–H and O–H groups in total. The molecule has 1 aliphatic carbocycles. The fourth-order valence-electron chi connectivity index (χ4n) is 6.36. The minimum atomic E-state index is -4.37. The summed E-state index contributed by atoms with van der Waals surface area (Å²) < 4.78 is 53.3. The van der Waals surface area contributed by atoms with Crippen LogP contribution in [-0.2, 0) is 11.3 Å². The van der Waals surface area contributed by atoms with Gasteiger partial charge in [-0.2, -0.15) is 13.2 Å². The molecule has 0 atom stereocenters. The number of hydrogen-bond acceptors (Lipinski definition) is 6. The fourth-order valence-corrected chi connectivity index (χ4v) is 6.79. The second kappa shape index (κ2) is 14.2. The van der Waals surface area contributed by atoms with Crippen molar-refractivity contribution in [3.05, 3.63) is 48.2 Å². The number of rotatable bonds is 9. The van der Waals surface area contributed by atoms with Crippen LogP contribution in [0.4, 0.5) is 24.5 Å². The summed E-state index contributed by atoms with van der Waals surface area (Å²) in [5.41, 5.74) is 2.52. The normalized spacial score (nSPS) is 20.0. The van der Waals surface area contributed by atoms with Gasteiger partial charge in [0.25, 0.3) is 0 Å². The van der Waals surface area contributed by atoms with Gasteiger partial charge >= 0.3 is 6.18 Å². The van der Waals surface area contributed by atoms with Crippen LogP contribution in [0.25, 0.3) is 10.9 Å². The van der Waals surface area contributed by atoms with Gasteiger partial charge in [-0.3, -0.25) is 0 Å². The first kappa shape index (κ1) is 31.4. The molecule has 1 aromatic heterocycles. The highest BCUT2D eigenvalue weighted by atomic mass is 32.2. The first-order chi connectivity index (χ1) is 20.8. The van der Waals surface area contributed by atoms with Crippen molar-refractivity contribution in [3.8, 4) is 17.6 Å². The van der Waals surface area contributed by atoms with Gasteiger partial charge in [0.05, 0.1) is 36.7 Å². The summed E-state index contributed by atoms with van der Waals surface area (Å²) in [6, 6.07) is 14.0. The maximum atomic E-state index is 13.7. The molecule has 6 nitrogen and oxygen atoms in total. The van der Waals surface area contributed by atoms with E-state index < -0.39 is 12.7 Å². The summed E-state index contributed by atoms with van der Waals surface area (Å²) in [5, 5.41) is 7.66. The highest BCUT2D eigenvalue weighted by molar-refractivity contribution is 7.98. The zero-order chi connectivity index (χ0) is 30.4. The van der Waals surface area contributed by atoms with Crippen LogP contribution < -0.4 is 15.4 Å². The van der Waals surface area contributed by atoms with Crippen molar-refractivity contribution in [1.29, 1.82) is 0 Å². The van der Waals surface area contributed by atoms with Gasteiger partial charge in [-0.25, -0.2) is 0 Å². The second-order valence-corrected chi connectivity index (χ2v) is 12.2. The number of fused-ring (bicyclic) bond motifs is 1. The lowest BCUT2D eigenvalue weighted by Crippen LogP contribution is -2.45. The Morgan fingerprint density at radius 1 is 0.977 bits per heavy atom. The molecule has 2 heterocycles. The minimum Gasteiger partial charge on any atom is -0.495 e. The van der Waals surface area contributed by atoms with Crippen LogP contribution in [0.15, 0.2) is 47.4 Å². The molecule has 1 saturated heterocycles. The average molecular weight is 615 g/mol. The Kier molecular flexibility index (Phi) is 10.4. The number of alkyl halides is 3. The van der Waals surface area contributed by atoms with Crippen molar-refractivity contribution in [2.24, 2.45) is 0 Å². The molecular formula is C33H41F3N4O2S. The van der Waals surface area contributed by atoms with E-state index in [1.165, 1.54) is 4.57 Å². The monoisotopic (exact) mass is 614 g/mol. The summed E-state index contributed by atoms with van der Waals surface area (Å²) in [5.74, 6) is 6.71. The highest BCUT2D eigenvalue weighted by Crippen LogP contribution is 2.34. The lowest BCUT2D eigenvalue weighted by molar-refractivity contribution is -0.140. The third-order valence-corrected chi connectivity index (χ3v) is 9.38. The van der Waals surface area contributed by atoms with E-state index in [2.05, 4.69) is 27.4 Å². The summed E-state index contributed by atoms with van der Waals surface area (Å²) in [6.45, 7) is 1.35. The summed E-state index contributed by atoms with van der Waals surface area (Å²) in [6.07, 6.45) is 4.50. The summed E-state index contributed by atoms with van der Waals surface area (Å²) in [7, 11) is 3.40. The number of piperidine rings is 1. The first-order valence-corrected chi connectivity index (χ1v) is 16.2. The number of halogens is 3. The van der Waals surface area contributed by atoms with Crippen LogP contribution in [0.5, 0.6) is 5.75 Å². The Labute approximate surface area is 256 Å². The smallest absolute Gasteiger partial charge is 0.406 e. The molecule has 2 aromatic carbocycles. The first-order valence-electron chi connectivity index (χ1n) is 14.9. The molecule has 3 aromatic rings. The van der Waals surface area contributed by atoms with Crippen LogP contribution in [0.3, 0.4) is 0 Å². The Hall–Kier alpha value is -3.00. The van der Waals surface area contributed by atoms with E-state index >= 15 is 0 Å². The maximum absolute atomic E-state index is 13.7. The predicted molar refractivity (Wildman–Crippen MR) is 169 cm³/mol. The van der Waals surface area contributed by atoms with Crippen LogP contribution >= 0.6 is 11.8 Å². The van der Waals surface area contributed by atoms with E-state index in [4.69, 9.17) is 9.47 Å². The number of nitrogens with one attached hydrogen (secondary N) is 2. The molecule has 1 aliphatic heterocycles. The SMILES string of the molecule is COc1cc(SC)ccc1NCC#Cc1cc2c(NC3CCC(N4CCC(OC)CC4)CC3)cccc2n1CC(F)(F)F. The second-order valence-electron chi connectivity index (χ2n) is 11.3. The molecule has 0 unspecified atom stereocenters. The van der Waals surface area contributed by atoms with Crippen molar-refractivity contribution in [3.63, 3.8) is 0 Å². The number of methoxy groups -OCH3 is 2. The van der Waals surface area contributed by atoms with E-state index in [0.717, 1.165) is 73.3 Å². The average Bonchev–Trinajstić information content (AvgIpc) is 3.36. The quantitative estimate of drug-likeness (QED) is 0.196. The number of thioether (sulfide) groups is 1. The molecule has 232 valence electrons. The fraction of sp³-hybridized carbons (Fsp3) is 0.515. The van der Waals surface area contributed by atoms with Gasteiger partial charge in [-0.1, -0.05) is 12.0 Å². The van der Waals surface area contributed by atoms with E-state index in [1.54, 1.807) is 38.1 Å². The van der Waals surface area contributed by atoms with Crippen LogP contribution in [0.2, 0.25) is 0 Å². The minimum absolute atomic E-state index is 0.264. The molecule has 1 saturated carbocycles. The van der Waals surface area contributed by atoms with Crippen molar-refractivity contribution >= 4 is 34.0 Å². The number of ether oxygens (including phenoxy) is 2. The Morgan fingerprint density at radius 2 is 1.74 bits per heavy atom. The third-order valence-electron chi connectivity index (χ3n) is 8.66. The molecule has 0 radical (unpaired) electrons. The van der Waals surface area contributed by atoms with E-state index in [-0.39, 0.29) is 12.6 Å². The molecule has 43 heavy (non-hydrogen) atoms. The van der Waals surface area contributed by atoms with Crippen molar-refractivity contribution in [2.75, 3.05) is 50.7 Å². The number of nitrogens with zero attached hydrogens (tertiary/aromatic N) is 2. The predicted octanol–water partition coefficient (Wildman–Crippen LogP) is 7.23. The molecule has 2 aliphatic rings. The largest absolute Gasteiger partial charge is 0.495 e. The van der Waals surface area contributed by atoms with Gasteiger partial charge in [0.1, 0.15) is 12.3 Å². The van der Waals surface area contributed by atoms with Crippen molar-refractivity contribution in [1.82, 2.24) is 9.47 Å². The Bertz CT molecular complexity index is 1430. The summed E-state index contributed by atoms with van der Waals surface area (Å²) >= 11 is 1.62. The van der Waals surface area contributed by atoms with Crippen LogP contribution in [0.1, 0.15) is 44.2 Å². The Morgan fingerprint density at radius 3 is 2.42 bits per heavy atom. The summed E-state index contributed by atoms with van der Waals surface area (Å²) in [4.78, 5) is 3.68. The molecule has 10 heteroatoms. The molecule has 2 fully saturated rings. The van der Waals surface area contributed by atoms with Gasteiger partial charge < -0.3 is 29.6 Å². The number of hydrogen-bond donors (Lipinski definition) is 2. The lowest BCUT2D eigenvalue weighted by Gasteiger charge is -2.40. The van der Waals surface area contributed by atoms with Crippen molar-refractivity contribution in [2.45, 2.75) is 74.3 Å². The third kappa shape index (κ3) is 7.94. The molecule has 0 spiro atoms. The zero-order valence-electron chi connectivity index (χ0n) is 25.1. The van der Waals surface area contributed by atoms with Gasteiger partial charge in [-0.15, -0.1) is 11.8 Å². The zero-order valence-corrected chi connectivity index (χ0v) is 25.9. The van der Waals surface area contributed by atoms with E-state index in [0.29, 0.717) is 29.1 Å². The number of anilines is 2. The highest BCUT2D eigenvalue weighted by Gasteiger charge is 2.31. The number of benzene rings is 2. The van der Waals surface area contributed by atoms with Gasteiger partial charge in [0.15, 0.2) is 0 Å². The van der Waals surface area contributed by atoms with Gasteiger partial charge in [0, 0.05) is 48.3 Å². The number of likely N-dealkylation sites (tertiary alicyclic amines) is 1. The molecule has 0 bridgehead atoms. The van der Waals surface area contributed by atoms with Gasteiger partial charge in [-0.05, 0) is 87.1 Å². The van der Waals surface area contributed by atoms with Crippen LogP contribution in [0, 0.1) is 11.8 Å². The molecular weight excluding hydrogens is 573 g/mol. The van der Waals surface area contributed by atoms with Crippen LogP contribution in [-0.4, -0.2) is 73.9 Å². The van der Waals surface area contributed by atoms with E-state index in [9.17, 15) is 13.2 Å².